The highest BCUT2D eigenvalue weighted by Crippen LogP contribution is 2.44. The number of carbonyl (C=O) groups excluding carboxylic acids is 1. The van der Waals surface area contributed by atoms with Crippen molar-refractivity contribution in [1.29, 1.82) is 0 Å². The van der Waals surface area contributed by atoms with Gasteiger partial charge in [0.15, 0.2) is 0 Å². The van der Waals surface area contributed by atoms with Crippen LogP contribution in [0.25, 0.3) is 0 Å². The number of amides is 1. The molecule has 1 saturated carbocycles. The van der Waals surface area contributed by atoms with Crippen molar-refractivity contribution in [3.05, 3.63) is 59.9 Å². The number of benzene rings is 1. The number of nitrogens with one attached hydrogen (secondary N) is 1. The van der Waals surface area contributed by atoms with Crippen LogP contribution < -0.4 is 10.1 Å². The lowest BCUT2D eigenvalue weighted by Crippen LogP contribution is -2.39. The number of hydrogen-bond acceptors (Lipinski definition) is 3. The van der Waals surface area contributed by atoms with Gasteiger partial charge < -0.3 is 10.1 Å². The van der Waals surface area contributed by atoms with E-state index in [2.05, 4.69) is 16.4 Å². The van der Waals surface area contributed by atoms with Crippen LogP contribution >= 0.6 is 0 Å². The molecule has 4 heteroatoms. The fourth-order valence-electron chi connectivity index (χ4n) is 3.53. The van der Waals surface area contributed by atoms with Crippen molar-refractivity contribution in [3.63, 3.8) is 0 Å². The maximum Gasteiger partial charge on any atom is 0.251 e. The molecule has 0 bridgehead atoms. The van der Waals surface area contributed by atoms with E-state index in [9.17, 15) is 4.79 Å². The number of aromatic nitrogens is 1. The first kappa shape index (κ1) is 15.5. The van der Waals surface area contributed by atoms with E-state index in [0.29, 0.717) is 12.1 Å². The van der Waals surface area contributed by atoms with Crippen molar-refractivity contribution in [3.8, 4) is 5.75 Å². The molecule has 1 heterocycles. The minimum absolute atomic E-state index is 0.0324. The summed E-state index contributed by atoms with van der Waals surface area (Å²) in [7, 11) is 1.71. The van der Waals surface area contributed by atoms with Crippen molar-refractivity contribution in [2.45, 2.75) is 31.1 Å². The highest BCUT2D eigenvalue weighted by Gasteiger charge is 2.38. The Hall–Kier alpha value is -2.36. The average molecular weight is 310 g/mol. The number of para-hydroxylation sites is 1. The Morgan fingerprint density at radius 3 is 2.57 bits per heavy atom. The second-order valence-electron chi connectivity index (χ2n) is 6.11. The molecule has 1 aliphatic rings. The van der Waals surface area contributed by atoms with Crippen molar-refractivity contribution < 1.29 is 9.53 Å². The summed E-state index contributed by atoms with van der Waals surface area (Å²) in [6.07, 6.45) is 7.79. The number of rotatable bonds is 5. The van der Waals surface area contributed by atoms with Gasteiger partial charge in [0.25, 0.3) is 5.91 Å². The Balaban J connectivity index is 1.81. The molecule has 0 aliphatic heterocycles. The van der Waals surface area contributed by atoms with Gasteiger partial charge >= 0.3 is 0 Å². The predicted octanol–water partition coefficient (Wildman–Crippen LogP) is 3.33. The Labute approximate surface area is 136 Å². The number of methoxy groups -OCH3 is 1. The smallest absolute Gasteiger partial charge is 0.251 e. The van der Waals surface area contributed by atoms with Crippen LogP contribution in [-0.2, 0) is 5.41 Å². The number of pyridine rings is 1. The third-order valence-electron chi connectivity index (χ3n) is 4.77. The normalized spacial score (nSPS) is 16.0. The van der Waals surface area contributed by atoms with E-state index in [1.165, 1.54) is 18.4 Å². The first-order valence-electron chi connectivity index (χ1n) is 8.07. The van der Waals surface area contributed by atoms with Crippen molar-refractivity contribution in [2.75, 3.05) is 13.7 Å². The monoisotopic (exact) mass is 310 g/mol. The quantitative estimate of drug-likeness (QED) is 0.921. The lowest BCUT2D eigenvalue weighted by atomic mass is 9.78. The minimum Gasteiger partial charge on any atom is -0.496 e. The molecule has 2 aromatic rings. The highest BCUT2D eigenvalue weighted by molar-refractivity contribution is 5.94. The van der Waals surface area contributed by atoms with E-state index in [1.54, 1.807) is 31.6 Å². The van der Waals surface area contributed by atoms with Crippen molar-refractivity contribution in [2.24, 2.45) is 0 Å². The molecule has 3 rings (SSSR count). The van der Waals surface area contributed by atoms with Crippen LogP contribution in [-0.4, -0.2) is 24.5 Å². The Bertz CT molecular complexity index is 664. The lowest BCUT2D eigenvalue weighted by Gasteiger charge is -2.31. The van der Waals surface area contributed by atoms with Crippen LogP contribution in [0.1, 0.15) is 41.6 Å². The summed E-state index contributed by atoms with van der Waals surface area (Å²) in [5, 5.41) is 3.11. The van der Waals surface area contributed by atoms with Crippen LogP contribution in [0.2, 0.25) is 0 Å². The van der Waals surface area contributed by atoms with Gasteiger partial charge in [-0.05, 0) is 31.0 Å². The predicted molar refractivity (Wildman–Crippen MR) is 89.7 cm³/mol. The SMILES string of the molecule is COc1ccccc1C1(CNC(=O)c2ccncc2)CCCC1. The zero-order chi connectivity index (χ0) is 16.1. The summed E-state index contributed by atoms with van der Waals surface area (Å²) in [6, 6.07) is 11.6. The standard InChI is InChI=1S/C19H22N2O2/c1-23-17-7-3-2-6-16(17)19(10-4-5-11-19)14-21-18(22)15-8-12-20-13-9-15/h2-3,6-9,12-13H,4-5,10-11,14H2,1H3,(H,21,22). The summed E-state index contributed by atoms with van der Waals surface area (Å²) >= 11 is 0. The van der Waals surface area contributed by atoms with Gasteiger partial charge in [0.1, 0.15) is 5.75 Å². The molecule has 1 fully saturated rings. The molecule has 4 nitrogen and oxygen atoms in total. The number of nitrogens with zero attached hydrogens (tertiary/aromatic N) is 1. The zero-order valence-corrected chi connectivity index (χ0v) is 13.4. The lowest BCUT2D eigenvalue weighted by molar-refractivity contribution is 0.0942. The third kappa shape index (κ3) is 3.21. The van der Waals surface area contributed by atoms with Crippen LogP contribution in [0.4, 0.5) is 0 Å². The second kappa shape index (κ2) is 6.82. The van der Waals surface area contributed by atoms with Gasteiger partial charge in [-0.1, -0.05) is 31.0 Å². The molecule has 1 N–H and O–H groups in total. The fraction of sp³-hybridized carbons (Fsp3) is 0.368. The number of hydrogen-bond donors (Lipinski definition) is 1. The summed E-state index contributed by atoms with van der Waals surface area (Å²) in [6.45, 7) is 0.633. The molecular formula is C19H22N2O2. The molecule has 1 aromatic carbocycles. The number of carbonyl (C=O) groups is 1. The molecule has 0 radical (unpaired) electrons. The second-order valence-corrected chi connectivity index (χ2v) is 6.11. The Morgan fingerprint density at radius 2 is 1.87 bits per heavy atom. The summed E-state index contributed by atoms with van der Waals surface area (Å²) in [4.78, 5) is 16.3. The van der Waals surface area contributed by atoms with Gasteiger partial charge in [0.05, 0.1) is 7.11 Å². The fourth-order valence-corrected chi connectivity index (χ4v) is 3.53. The van der Waals surface area contributed by atoms with E-state index in [-0.39, 0.29) is 11.3 Å². The van der Waals surface area contributed by atoms with Crippen LogP contribution in [0.15, 0.2) is 48.8 Å². The van der Waals surface area contributed by atoms with Crippen LogP contribution in [0.5, 0.6) is 5.75 Å². The van der Waals surface area contributed by atoms with Gasteiger partial charge in [0, 0.05) is 35.5 Å². The van der Waals surface area contributed by atoms with E-state index >= 15 is 0 Å². The van der Waals surface area contributed by atoms with Gasteiger partial charge in [-0.25, -0.2) is 0 Å². The van der Waals surface area contributed by atoms with Gasteiger partial charge in [-0.3, -0.25) is 9.78 Å². The first-order chi connectivity index (χ1) is 11.2. The summed E-state index contributed by atoms with van der Waals surface area (Å²) < 4.78 is 5.55. The first-order valence-corrected chi connectivity index (χ1v) is 8.07. The molecule has 0 unspecified atom stereocenters. The van der Waals surface area contributed by atoms with E-state index in [4.69, 9.17) is 4.74 Å². The van der Waals surface area contributed by atoms with E-state index < -0.39 is 0 Å². The van der Waals surface area contributed by atoms with Gasteiger partial charge in [-0.2, -0.15) is 0 Å². The molecule has 0 atom stereocenters. The summed E-state index contributed by atoms with van der Waals surface area (Å²) in [5.74, 6) is 0.862. The maximum absolute atomic E-state index is 12.4. The minimum atomic E-state index is -0.0476. The molecule has 23 heavy (non-hydrogen) atoms. The number of ether oxygens (including phenoxy) is 1. The molecule has 0 spiro atoms. The van der Waals surface area contributed by atoms with Crippen molar-refractivity contribution in [1.82, 2.24) is 10.3 Å². The molecule has 1 aromatic heterocycles. The van der Waals surface area contributed by atoms with Crippen LogP contribution in [0, 0.1) is 0 Å². The average Bonchev–Trinajstić information content (AvgIpc) is 3.10. The molecular weight excluding hydrogens is 288 g/mol. The molecule has 0 saturated heterocycles. The van der Waals surface area contributed by atoms with Gasteiger partial charge in [-0.15, -0.1) is 0 Å². The highest BCUT2D eigenvalue weighted by atomic mass is 16.5. The molecule has 120 valence electrons. The van der Waals surface area contributed by atoms with E-state index in [0.717, 1.165) is 18.6 Å². The molecule has 1 aliphatic carbocycles. The van der Waals surface area contributed by atoms with Gasteiger partial charge in [0.2, 0.25) is 0 Å². The Kier molecular flexibility index (Phi) is 4.60. The molecule has 1 amide bonds. The third-order valence-corrected chi connectivity index (χ3v) is 4.77. The maximum atomic E-state index is 12.4. The Morgan fingerprint density at radius 1 is 1.17 bits per heavy atom. The van der Waals surface area contributed by atoms with E-state index in [1.807, 2.05) is 18.2 Å². The van der Waals surface area contributed by atoms with Crippen molar-refractivity contribution >= 4 is 5.91 Å². The summed E-state index contributed by atoms with van der Waals surface area (Å²) in [5.41, 5.74) is 1.82. The van der Waals surface area contributed by atoms with Crippen LogP contribution in [0.3, 0.4) is 0 Å². The topological polar surface area (TPSA) is 51.2 Å². The largest absolute Gasteiger partial charge is 0.496 e. The zero-order valence-electron chi connectivity index (χ0n) is 13.4.